The van der Waals surface area contributed by atoms with Gasteiger partial charge < -0.3 is 10.6 Å². The third-order valence-corrected chi connectivity index (χ3v) is 6.53. The summed E-state index contributed by atoms with van der Waals surface area (Å²) in [6, 6.07) is 23.2. The number of ketones is 1. The summed E-state index contributed by atoms with van der Waals surface area (Å²) in [5.74, 6) is 0.247. The average molecular weight is 435 g/mol. The molecule has 2 aliphatic rings. The molecule has 0 unspecified atom stereocenters. The summed E-state index contributed by atoms with van der Waals surface area (Å²) in [6.07, 6.45) is 1.21. The van der Waals surface area contributed by atoms with Crippen LogP contribution in [-0.2, 0) is 4.79 Å². The number of Topliss-reactive ketones (excluding diaryl/α,β-unsaturated/α-hetero) is 1. The quantitative estimate of drug-likeness (QED) is 0.457. The van der Waals surface area contributed by atoms with E-state index in [9.17, 15) is 4.79 Å². The van der Waals surface area contributed by atoms with Crippen molar-refractivity contribution in [2.24, 2.45) is 0 Å². The fourth-order valence-corrected chi connectivity index (χ4v) is 5.07. The van der Waals surface area contributed by atoms with E-state index in [2.05, 4.69) is 22.8 Å². The molecule has 0 bridgehead atoms. The number of anilines is 2. The average Bonchev–Trinajstić information content (AvgIpc) is 2.91. The van der Waals surface area contributed by atoms with Gasteiger partial charge in [0.15, 0.2) is 5.78 Å². The van der Waals surface area contributed by atoms with Crippen LogP contribution in [0.1, 0.15) is 35.9 Å². The minimum Gasteiger partial charge on any atom is -0.372 e. The largest absolute Gasteiger partial charge is 0.372 e. The van der Waals surface area contributed by atoms with Crippen LogP contribution < -0.4 is 10.6 Å². The number of para-hydroxylation sites is 2. The molecule has 3 nitrogen and oxygen atoms in total. The lowest BCUT2D eigenvalue weighted by atomic mass is 9.78. The molecule has 0 amide bonds. The predicted molar refractivity (Wildman–Crippen MR) is 123 cm³/mol. The summed E-state index contributed by atoms with van der Waals surface area (Å²) in [7, 11) is 0. The van der Waals surface area contributed by atoms with E-state index in [4.69, 9.17) is 23.2 Å². The van der Waals surface area contributed by atoms with E-state index in [-0.39, 0.29) is 11.7 Å². The number of halogens is 2. The number of hydrogen-bond donors (Lipinski definition) is 2. The van der Waals surface area contributed by atoms with Crippen LogP contribution in [0.15, 0.2) is 84.1 Å². The number of hydrogen-bond acceptors (Lipinski definition) is 3. The van der Waals surface area contributed by atoms with Gasteiger partial charge >= 0.3 is 0 Å². The first kappa shape index (κ1) is 19.2. The van der Waals surface area contributed by atoms with Crippen LogP contribution in [0.2, 0.25) is 10.0 Å². The first-order valence-corrected chi connectivity index (χ1v) is 10.7. The Hall–Kier alpha value is -2.75. The first-order chi connectivity index (χ1) is 14.6. The van der Waals surface area contributed by atoms with Gasteiger partial charge in [0.1, 0.15) is 0 Å². The highest BCUT2D eigenvalue weighted by atomic mass is 35.5. The Balaban J connectivity index is 1.66. The molecule has 1 aliphatic carbocycles. The molecule has 0 fully saturated rings. The van der Waals surface area contributed by atoms with Crippen molar-refractivity contribution in [2.75, 3.05) is 10.6 Å². The monoisotopic (exact) mass is 434 g/mol. The molecule has 0 saturated carbocycles. The maximum atomic E-state index is 13.5. The molecule has 0 spiro atoms. The van der Waals surface area contributed by atoms with Crippen molar-refractivity contribution < 1.29 is 4.79 Å². The molecule has 1 heterocycles. The molecule has 0 saturated heterocycles. The SMILES string of the molecule is O=C1C[C@H](c2ccccc2)CC2=C1[C@@H](c1c(Cl)cccc1Cl)Nc1ccccc1N2. The molecule has 150 valence electrons. The molecule has 0 aromatic heterocycles. The zero-order valence-electron chi connectivity index (χ0n) is 16.2. The van der Waals surface area contributed by atoms with Crippen molar-refractivity contribution in [3.63, 3.8) is 0 Å². The third kappa shape index (κ3) is 3.38. The molecule has 0 radical (unpaired) electrons. The molecule has 2 N–H and O–H groups in total. The van der Waals surface area contributed by atoms with Gasteiger partial charge in [0.25, 0.3) is 0 Å². The van der Waals surface area contributed by atoms with E-state index in [1.807, 2.05) is 60.7 Å². The van der Waals surface area contributed by atoms with Crippen LogP contribution in [0.3, 0.4) is 0 Å². The Morgan fingerprint density at radius 2 is 1.43 bits per heavy atom. The predicted octanol–water partition coefficient (Wildman–Crippen LogP) is 6.97. The van der Waals surface area contributed by atoms with Gasteiger partial charge in [-0.1, -0.05) is 71.7 Å². The van der Waals surface area contributed by atoms with Gasteiger partial charge in [0.05, 0.1) is 17.4 Å². The van der Waals surface area contributed by atoms with E-state index in [1.165, 1.54) is 5.56 Å². The van der Waals surface area contributed by atoms with Crippen LogP contribution in [0.4, 0.5) is 11.4 Å². The fraction of sp³-hybridized carbons (Fsp3) is 0.160. The molecule has 3 aromatic rings. The van der Waals surface area contributed by atoms with Crippen LogP contribution in [0.25, 0.3) is 0 Å². The number of carbonyl (C=O) groups is 1. The van der Waals surface area contributed by atoms with E-state index < -0.39 is 6.04 Å². The number of carbonyl (C=O) groups excluding carboxylic acids is 1. The summed E-state index contributed by atoms with van der Waals surface area (Å²) >= 11 is 13.1. The maximum absolute atomic E-state index is 13.5. The van der Waals surface area contributed by atoms with Crippen molar-refractivity contribution in [3.8, 4) is 0 Å². The maximum Gasteiger partial charge on any atom is 0.163 e. The van der Waals surface area contributed by atoms with Gasteiger partial charge in [-0.15, -0.1) is 0 Å². The van der Waals surface area contributed by atoms with Crippen LogP contribution in [-0.4, -0.2) is 5.78 Å². The Kier molecular flexibility index (Phi) is 5.01. The second kappa shape index (κ2) is 7.82. The van der Waals surface area contributed by atoms with E-state index in [0.29, 0.717) is 22.0 Å². The number of benzene rings is 3. The lowest BCUT2D eigenvalue weighted by Crippen LogP contribution is -2.27. The third-order valence-electron chi connectivity index (χ3n) is 5.87. The zero-order valence-corrected chi connectivity index (χ0v) is 17.7. The van der Waals surface area contributed by atoms with Crippen LogP contribution in [0.5, 0.6) is 0 Å². The van der Waals surface area contributed by atoms with Gasteiger partial charge in [-0.05, 0) is 42.2 Å². The van der Waals surface area contributed by atoms with Gasteiger partial charge in [-0.2, -0.15) is 0 Å². The molecular formula is C25H20Cl2N2O. The zero-order chi connectivity index (χ0) is 20.7. The summed E-state index contributed by atoms with van der Waals surface area (Å²) in [6.45, 7) is 0. The summed E-state index contributed by atoms with van der Waals surface area (Å²) in [5.41, 5.74) is 5.41. The molecule has 3 aromatic carbocycles. The first-order valence-electron chi connectivity index (χ1n) is 9.99. The number of nitrogens with one attached hydrogen (secondary N) is 2. The van der Waals surface area contributed by atoms with E-state index >= 15 is 0 Å². The van der Waals surface area contributed by atoms with Gasteiger partial charge in [0, 0.05) is 33.3 Å². The normalized spacial score (nSPS) is 20.5. The highest BCUT2D eigenvalue weighted by Gasteiger charge is 2.37. The Labute approximate surface area is 185 Å². The molecule has 2 atom stereocenters. The second-order valence-electron chi connectivity index (χ2n) is 7.71. The lowest BCUT2D eigenvalue weighted by molar-refractivity contribution is -0.116. The van der Waals surface area contributed by atoms with Gasteiger partial charge in [-0.25, -0.2) is 0 Å². The Bertz CT molecular complexity index is 1140. The standard InChI is InChI=1S/C25H20Cl2N2O/c26-17-9-6-10-18(27)23(17)25-24-21(28-19-11-4-5-12-20(19)29-25)13-16(14-22(24)30)15-7-2-1-3-8-15/h1-12,16,25,28-29H,13-14H2/t16-,25-/m1/s1. The van der Waals surface area contributed by atoms with Gasteiger partial charge in [-0.3, -0.25) is 4.79 Å². The molecule has 1 aliphatic heterocycles. The van der Waals surface area contributed by atoms with E-state index in [0.717, 1.165) is 29.1 Å². The fourth-order valence-electron chi connectivity index (χ4n) is 4.46. The minimum atomic E-state index is -0.415. The van der Waals surface area contributed by atoms with E-state index in [1.54, 1.807) is 0 Å². The summed E-state index contributed by atoms with van der Waals surface area (Å²) in [5, 5.41) is 8.16. The van der Waals surface area contributed by atoms with Crippen molar-refractivity contribution >= 4 is 40.4 Å². The lowest BCUT2D eigenvalue weighted by Gasteiger charge is -2.30. The molecule has 30 heavy (non-hydrogen) atoms. The Morgan fingerprint density at radius 1 is 0.767 bits per heavy atom. The topological polar surface area (TPSA) is 41.1 Å². The summed E-state index contributed by atoms with van der Waals surface area (Å²) in [4.78, 5) is 13.5. The highest BCUT2D eigenvalue weighted by Crippen LogP contribution is 2.46. The van der Waals surface area contributed by atoms with Crippen molar-refractivity contribution in [3.05, 3.63) is 105 Å². The smallest absolute Gasteiger partial charge is 0.163 e. The molecule has 5 rings (SSSR count). The van der Waals surface area contributed by atoms with Crippen molar-refractivity contribution in [2.45, 2.75) is 24.8 Å². The number of allylic oxidation sites excluding steroid dienone is 1. The second-order valence-corrected chi connectivity index (χ2v) is 8.53. The van der Waals surface area contributed by atoms with Crippen LogP contribution >= 0.6 is 23.2 Å². The Morgan fingerprint density at radius 3 is 2.17 bits per heavy atom. The number of fused-ring (bicyclic) bond motifs is 1. The van der Waals surface area contributed by atoms with Crippen molar-refractivity contribution in [1.29, 1.82) is 0 Å². The van der Waals surface area contributed by atoms with Crippen molar-refractivity contribution in [1.82, 2.24) is 0 Å². The number of rotatable bonds is 2. The summed E-state index contributed by atoms with van der Waals surface area (Å²) < 4.78 is 0. The van der Waals surface area contributed by atoms with Gasteiger partial charge in [0.2, 0.25) is 0 Å². The molecule has 5 heteroatoms. The highest BCUT2D eigenvalue weighted by molar-refractivity contribution is 6.36. The minimum absolute atomic E-state index is 0.110. The molecular weight excluding hydrogens is 415 g/mol. The van der Waals surface area contributed by atoms with Crippen LogP contribution in [0, 0.1) is 0 Å².